The van der Waals surface area contributed by atoms with Gasteiger partial charge >= 0.3 is 0 Å². The van der Waals surface area contributed by atoms with Crippen LogP contribution in [0.4, 0.5) is 0 Å². The zero-order valence-corrected chi connectivity index (χ0v) is 10.2. The summed E-state index contributed by atoms with van der Waals surface area (Å²) in [6, 6.07) is 0.195. The molecule has 0 aromatic rings. The van der Waals surface area contributed by atoms with Crippen molar-refractivity contribution in [3.05, 3.63) is 0 Å². The van der Waals surface area contributed by atoms with Crippen LogP contribution in [0.5, 0.6) is 0 Å². The number of likely N-dealkylation sites (N-methyl/N-ethyl adjacent to an activating group) is 1. The van der Waals surface area contributed by atoms with Crippen molar-refractivity contribution in [2.45, 2.75) is 19.9 Å². The van der Waals surface area contributed by atoms with Crippen LogP contribution in [-0.2, 0) is 14.3 Å². The van der Waals surface area contributed by atoms with E-state index in [1.807, 2.05) is 13.8 Å². The summed E-state index contributed by atoms with van der Waals surface area (Å²) in [6.45, 7) is 4.98. The molecule has 0 saturated heterocycles. The first-order valence-corrected chi connectivity index (χ1v) is 5.27. The van der Waals surface area contributed by atoms with Gasteiger partial charge in [-0.15, -0.1) is 0 Å². The van der Waals surface area contributed by atoms with Gasteiger partial charge in [0.1, 0.15) is 6.61 Å². The van der Waals surface area contributed by atoms with E-state index in [0.29, 0.717) is 13.2 Å². The van der Waals surface area contributed by atoms with Crippen LogP contribution < -0.4 is 11.1 Å². The van der Waals surface area contributed by atoms with Crippen LogP contribution in [0.25, 0.3) is 0 Å². The molecule has 0 heterocycles. The lowest BCUT2D eigenvalue weighted by Gasteiger charge is -2.21. The van der Waals surface area contributed by atoms with Crippen molar-refractivity contribution in [3.8, 4) is 0 Å². The molecule has 0 rings (SSSR count). The maximum Gasteiger partial charge on any atom is 0.243 e. The van der Waals surface area contributed by atoms with Crippen molar-refractivity contribution in [3.63, 3.8) is 0 Å². The van der Waals surface area contributed by atoms with E-state index in [9.17, 15) is 9.59 Å². The van der Waals surface area contributed by atoms with Crippen LogP contribution in [0.1, 0.15) is 13.8 Å². The Hall–Kier alpha value is -1.14. The second kappa shape index (κ2) is 8.06. The standard InChI is InChI=1S/C10H21N3O3/c1-8(2)13(3)10(15)6-12-4-5-16-7-9(11)14/h8,12H,4-7H2,1-3H3,(H2,11,14). The zero-order chi connectivity index (χ0) is 12.6. The van der Waals surface area contributed by atoms with E-state index in [4.69, 9.17) is 10.5 Å². The molecule has 6 heteroatoms. The Balaban J connectivity index is 3.45. The Morgan fingerprint density at radius 3 is 2.56 bits per heavy atom. The monoisotopic (exact) mass is 231 g/mol. The van der Waals surface area contributed by atoms with Crippen molar-refractivity contribution in [1.29, 1.82) is 0 Å². The largest absolute Gasteiger partial charge is 0.370 e. The molecule has 0 atom stereocenters. The molecular formula is C10H21N3O3. The fraction of sp³-hybridized carbons (Fsp3) is 0.800. The third-order valence-electron chi connectivity index (χ3n) is 2.11. The van der Waals surface area contributed by atoms with Gasteiger partial charge in [0, 0.05) is 19.6 Å². The van der Waals surface area contributed by atoms with Gasteiger partial charge in [0.05, 0.1) is 13.2 Å². The molecule has 0 spiro atoms. The summed E-state index contributed by atoms with van der Waals surface area (Å²) in [7, 11) is 1.76. The minimum atomic E-state index is -0.490. The Labute approximate surface area is 96.1 Å². The molecule has 0 fully saturated rings. The van der Waals surface area contributed by atoms with Gasteiger partial charge in [-0.1, -0.05) is 0 Å². The Kier molecular flexibility index (Phi) is 7.49. The summed E-state index contributed by atoms with van der Waals surface area (Å²) in [6.07, 6.45) is 0. The van der Waals surface area contributed by atoms with E-state index in [1.165, 1.54) is 0 Å². The van der Waals surface area contributed by atoms with Crippen LogP contribution in [-0.4, -0.2) is 56.1 Å². The summed E-state index contributed by atoms with van der Waals surface area (Å²) >= 11 is 0. The van der Waals surface area contributed by atoms with E-state index < -0.39 is 5.91 Å². The van der Waals surface area contributed by atoms with E-state index in [2.05, 4.69) is 5.32 Å². The number of nitrogens with two attached hydrogens (primary N) is 1. The SMILES string of the molecule is CC(C)N(C)C(=O)CNCCOCC(N)=O. The lowest BCUT2D eigenvalue weighted by atomic mass is 10.3. The van der Waals surface area contributed by atoms with E-state index >= 15 is 0 Å². The first-order chi connectivity index (χ1) is 7.45. The lowest BCUT2D eigenvalue weighted by Crippen LogP contribution is -2.40. The van der Waals surface area contributed by atoms with Gasteiger partial charge in [-0.05, 0) is 13.8 Å². The van der Waals surface area contributed by atoms with Crippen LogP contribution in [0.15, 0.2) is 0 Å². The highest BCUT2D eigenvalue weighted by atomic mass is 16.5. The molecule has 0 saturated carbocycles. The number of ether oxygens (including phenoxy) is 1. The molecule has 0 radical (unpaired) electrons. The highest BCUT2D eigenvalue weighted by Crippen LogP contribution is 1.92. The number of carbonyl (C=O) groups excluding carboxylic acids is 2. The molecule has 0 aromatic carbocycles. The molecular weight excluding hydrogens is 210 g/mol. The minimum absolute atomic E-state index is 0.0323. The number of hydrogen-bond donors (Lipinski definition) is 2. The molecule has 16 heavy (non-hydrogen) atoms. The maximum atomic E-state index is 11.5. The molecule has 94 valence electrons. The molecule has 6 nitrogen and oxygen atoms in total. The summed E-state index contributed by atoms with van der Waals surface area (Å²) in [5.74, 6) is -0.458. The smallest absolute Gasteiger partial charge is 0.243 e. The highest BCUT2D eigenvalue weighted by Gasteiger charge is 2.10. The predicted molar refractivity (Wildman–Crippen MR) is 60.8 cm³/mol. The maximum absolute atomic E-state index is 11.5. The average molecular weight is 231 g/mol. The zero-order valence-electron chi connectivity index (χ0n) is 10.2. The number of nitrogens with one attached hydrogen (secondary N) is 1. The van der Waals surface area contributed by atoms with Crippen molar-refractivity contribution in [1.82, 2.24) is 10.2 Å². The Morgan fingerprint density at radius 1 is 1.44 bits per heavy atom. The van der Waals surface area contributed by atoms with Gasteiger partial charge in [0.15, 0.2) is 0 Å². The van der Waals surface area contributed by atoms with Crippen LogP contribution in [0.3, 0.4) is 0 Å². The first kappa shape index (κ1) is 14.9. The first-order valence-electron chi connectivity index (χ1n) is 5.27. The average Bonchev–Trinajstić information content (AvgIpc) is 2.21. The fourth-order valence-electron chi connectivity index (χ4n) is 0.925. The second-order valence-corrected chi connectivity index (χ2v) is 3.79. The third kappa shape index (κ3) is 7.19. The van der Waals surface area contributed by atoms with Crippen LogP contribution in [0, 0.1) is 0 Å². The molecule has 2 amide bonds. The Morgan fingerprint density at radius 2 is 2.06 bits per heavy atom. The summed E-state index contributed by atoms with van der Waals surface area (Å²) in [4.78, 5) is 23.5. The number of primary amides is 1. The highest BCUT2D eigenvalue weighted by molar-refractivity contribution is 5.78. The number of rotatable bonds is 8. The van der Waals surface area contributed by atoms with E-state index in [-0.39, 0.29) is 25.1 Å². The second-order valence-electron chi connectivity index (χ2n) is 3.79. The van der Waals surface area contributed by atoms with Gasteiger partial charge in [0.25, 0.3) is 0 Å². The summed E-state index contributed by atoms with van der Waals surface area (Å²) in [5.41, 5.74) is 4.88. The molecule has 0 aliphatic rings. The predicted octanol–water partition coefficient (Wildman–Crippen LogP) is -1.06. The van der Waals surface area contributed by atoms with Gasteiger partial charge in [0.2, 0.25) is 11.8 Å². The fourth-order valence-corrected chi connectivity index (χ4v) is 0.925. The van der Waals surface area contributed by atoms with Crippen LogP contribution >= 0.6 is 0 Å². The quantitative estimate of drug-likeness (QED) is 0.522. The van der Waals surface area contributed by atoms with E-state index in [1.54, 1.807) is 11.9 Å². The minimum Gasteiger partial charge on any atom is -0.370 e. The van der Waals surface area contributed by atoms with Gasteiger partial charge < -0.3 is 20.7 Å². The molecule has 3 N–H and O–H groups in total. The van der Waals surface area contributed by atoms with Crippen molar-refractivity contribution in [2.24, 2.45) is 5.73 Å². The molecule has 0 aliphatic carbocycles. The molecule has 0 unspecified atom stereocenters. The molecule has 0 aromatic heterocycles. The summed E-state index contributed by atoms with van der Waals surface area (Å²) in [5, 5.41) is 2.93. The summed E-state index contributed by atoms with van der Waals surface area (Å²) < 4.78 is 4.92. The number of amides is 2. The van der Waals surface area contributed by atoms with Crippen molar-refractivity contribution in [2.75, 3.05) is 33.4 Å². The lowest BCUT2D eigenvalue weighted by molar-refractivity contribution is -0.130. The van der Waals surface area contributed by atoms with Crippen molar-refractivity contribution >= 4 is 11.8 Å². The van der Waals surface area contributed by atoms with Crippen molar-refractivity contribution < 1.29 is 14.3 Å². The van der Waals surface area contributed by atoms with Crippen LogP contribution in [0.2, 0.25) is 0 Å². The van der Waals surface area contributed by atoms with Gasteiger partial charge in [-0.25, -0.2) is 0 Å². The van der Waals surface area contributed by atoms with E-state index in [0.717, 1.165) is 0 Å². The topological polar surface area (TPSA) is 84.7 Å². The van der Waals surface area contributed by atoms with Gasteiger partial charge in [-0.3, -0.25) is 9.59 Å². The third-order valence-corrected chi connectivity index (χ3v) is 2.11. The van der Waals surface area contributed by atoms with Gasteiger partial charge in [-0.2, -0.15) is 0 Å². The Bertz CT molecular complexity index is 231. The number of hydrogen-bond acceptors (Lipinski definition) is 4. The molecule has 0 bridgehead atoms. The molecule has 0 aliphatic heterocycles. The number of nitrogens with zero attached hydrogens (tertiary/aromatic N) is 1. The normalized spacial score (nSPS) is 10.5. The number of carbonyl (C=O) groups is 2.